The van der Waals surface area contributed by atoms with Gasteiger partial charge in [-0.3, -0.25) is 82.0 Å². The molecule has 5 atom stereocenters. The fraction of sp³-hybridized carbons (Fsp3) is 0.814. The first-order chi connectivity index (χ1) is 67.5. The summed E-state index contributed by atoms with van der Waals surface area (Å²) in [6.45, 7) is 4.47. The molecule has 5 amide bonds. The van der Waals surface area contributed by atoms with Crippen molar-refractivity contribution in [2.45, 2.75) is 379 Å². The second-order valence-electron chi connectivity index (χ2n) is 37.2. The van der Waals surface area contributed by atoms with Gasteiger partial charge in [0.1, 0.15) is 50.1 Å². The molecule has 38 heteroatoms. The van der Waals surface area contributed by atoms with Crippen molar-refractivity contribution in [3.8, 4) is 0 Å². The van der Waals surface area contributed by atoms with Crippen molar-refractivity contribution in [1.29, 1.82) is 0 Å². The lowest BCUT2D eigenvalue weighted by atomic mass is 9.81. The van der Waals surface area contributed by atoms with Crippen LogP contribution in [0.25, 0.3) is 0 Å². The summed E-state index contributed by atoms with van der Waals surface area (Å²) in [7, 11) is 0. The SMILES string of the molecule is CC(C)(CC(=O)[C@@H](N)Cc1cnc[nH]1)C(=O)CN[C@@H](CCCCNC(=O)[C@H](CCCCNC(=O)COCCOCCCC(=O)COCCOCCNC(=O)CC[C@H](CC(=O)CCCCCCCCCCCCCCCCCCC(=O)O)C(=O)O)NC(=O)COCCOCCCC(=O)COCCOCCNC(=O)CC[C@H](CC(=O)CCCCCCCCCCCCCCCCCCC(=O)O)C(=O)O)C(=O)O. The molecule has 0 aliphatic heterocycles. The van der Waals surface area contributed by atoms with Gasteiger partial charge in [0.05, 0.1) is 96.8 Å². The van der Waals surface area contributed by atoms with E-state index in [0.717, 1.165) is 89.9 Å². The number of unbranched alkanes of at least 4 members (excludes halogenated alkanes) is 32. The molecule has 38 nitrogen and oxygen atoms in total. The minimum atomic E-state index is -1.19. The predicted octanol–water partition coefficient (Wildman–Crippen LogP) is 12.1. The number of ether oxygens (including phenoxy) is 8. The average molecular weight is 1990 g/mol. The van der Waals surface area contributed by atoms with Crippen molar-refractivity contribution >= 4 is 94.1 Å². The second kappa shape index (κ2) is 89.4. The maximum Gasteiger partial charge on any atom is 0.320 e. The zero-order chi connectivity index (χ0) is 103. The number of aromatic amines is 1. The molecular formula is C102H177N9O29. The number of aliphatic carboxylic acids is 5. The van der Waals surface area contributed by atoms with E-state index >= 15 is 0 Å². The number of Topliss-reactive ketones (excluding diaryl/α,β-unsaturated/α-hetero) is 6. The molecule has 1 aromatic heterocycles. The molecule has 140 heavy (non-hydrogen) atoms. The first kappa shape index (κ1) is 130. The fourth-order valence-corrected chi connectivity index (χ4v) is 15.6. The molecule has 0 unspecified atom stereocenters. The van der Waals surface area contributed by atoms with Crippen LogP contribution in [0, 0.1) is 17.3 Å². The third-order valence-electron chi connectivity index (χ3n) is 24.1. The number of ketones is 6. The van der Waals surface area contributed by atoms with Crippen LogP contribution >= 0.6 is 0 Å². The van der Waals surface area contributed by atoms with Gasteiger partial charge in [-0.15, -0.1) is 0 Å². The van der Waals surface area contributed by atoms with Gasteiger partial charge >= 0.3 is 29.8 Å². The Balaban J connectivity index is 2.38. The van der Waals surface area contributed by atoms with Crippen LogP contribution in [0.3, 0.4) is 0 Å². The number of imidazole rings is 1. The van der Waals surface area contributed by atoms with E-state index in [1.54, 1.807) is 20.0 Å². The highest BCUT2D eigenvalue weighted by Gasteiger charge is 2.34. The van der Waals surface area contributed by atoms with Crippen LogP contribution in [0.2, 0.25) is 0 Å². The smallest absolute Gasteiger partial charge is 0.320 e. The highest BCUT2D eigenvalue weighted by molar-refractivity contribution is 5.94. The summed E-state index contributed by atoms with van der Waals surface area (Å²) in [5, 5.41) is 63.3. The van der Waals surface area contributed by atoms with Crippen molar-refractivity contribution in [3.05, 3.63) is 18.2 Å². The van der Waals surface area contributed by atoms with Crippen molar-refractivity contribution in [3.63, 3.8) is 0 Å². The summed E-state index contributed by atoms with van der Waals surface area (Å²) in [5.74, 6) is -10.1. The molecule has 1 heterocycles. The largest absolute Gasteiger partial charge is 0.481 e. The van der Waals surface area contributed by atoms with Crippen molar-refractivity contribution in [2.75, 3.05) is 138 Å². The van der Waals surface area contributed by atoms with E-state index in [4.69, 9.17) is 53.8 Å². The van der Waals surface area contributed by atoms with E-state index in [-0.39, 0.29) is 268 Å². The number of hydrogen-bond acceptors (Lipinski definition) is 27. The number of nitrogens with zero attached hydrogens (tertiary/aromatic N) is 1. The Bertz CT molecular complexity index is 3520. The second-order valence-corrected chi connectivity index (χ2v) is 37.2. The lowest BCUT2D eigenvalue weighted by Crippen LogP contribution is -2.48. The summed E-state index contributed by atoms with van der Waals surface area (Å²) in [6.07, 6.45) is 42.3. The molecule has 804 valence electrons. The molecule has 0 saturated heterocycles. The van der Waals surface area contributed by atoms with Crippen LogP contribution < -0.4 is 37.6 Å². The normalized spacial score (nSPS) is 12.5. The molecule has 0 aromatic carbocycles. The van der Waals surface area contributed by atoms with Crippen LogP contribution in [0.4, 0.5) is 0 Å². The van der Waals surface area contributed by atoms with E-state index < -0.39 is 89.6 Å². The molecule has 0 saturated carbocycles. The lowest BCUT2D eigenvalue weighted by Gasteiger charge is -2.25. The topological polar surface area (TPSA) is 575 Å². The van der Waals surface area contributed by atoms with Crippen molar-refractivity contribution < 1.29 is 140 Å². The number of H-pyrrole nitrogens is 1. The highest BCUT2D eigenvalue weighted by Crippen LogP contribution is 2.25. The molecular weight excluding hydrogens is 1820 g/mol. The molecule has 1 rings (SSSR count). The molecule has 0 fully saturated rings. The Morgan fingerprint density at radius 3 is 1.06 bits per heavy atom. The predicted molar refractivity (Wildman–Crippen MR) is 526 cm³/mol. The van der Waals surface area contributed by atoms with E-state index in [9.17, 15) is 92.0 Å². The molecule has 0 aliphatic rings. The van der Waals surface area contributed by atoms with Gasteiger partial charge < -0.3 is 101 Å². The van der Waals surface area contributed by atoms with Gasteiger partial charge in [-0.1, -0.05) is 194 Å². The maximum atomic E-state index is 13.6. The molecule has 14 N–H and O–H groups in total. The van der Waals surface area contributed by atoms with Gasteiger partial charge in [-0.05, 0) is 89.9 Å². The number of carbonyl (C=O) groups excluding carboxylic acids is 11. The standard InChI is InChI=1S/C102H177N9O29/c1-102(2,72-90(116)87(103)71-82-73-104-79-110-82)91(117)74-109-89(101(131)132)46-36-38-54-108-98(126)88(111-95(121)78-140-68-62-134-58-40-44-86(115)76-138-66-64-136-60-56-107-93(119)52-50-81(100(129)130)70-84(113)42-32-28-24-20-16-12-8-4-6-10-14-18-22-26-30-34-48-97(124)125)45-35-37-53-105-94(120)77-139-67-61-133-57-39-43-85(114)75-137-65-63-135-59-55-106-92(118)51-49-80(99(127)128)69-83(112)41-31-27-23-19-15-11-7-3-5-9-13-17-21-25-29-33-47-96(122)123/h73,79-81,87-89,109H,3-72,74-78,103H2,1-2H3,(H,104,110)(H,105,120)(H,106,118)(H,107,119)(H,108,126)(H,111,121)(H,122,123)(H,124,125)(H,127,128)(H,129,130)(H,131,132)/t80-,81-,87+,88+,89+/m1/s1. The van der Waals surface area contributed by atoms with Gasteiger partial charge in [0.15, 0.2) is 23.1 Å². The number of nitrogens with two attached hydrogens (primary N) is 1. The van der Waals surface area contributed by atoms with Gasteiger partial charge in [-0.25, -0.2) is 4.98 Å². The quantitative estimate of drug-likeness (QED) is 0.0269. The van der Waals surface area contributed by atoms with E-state index in [1.165, 1.54) is 122 Å². The third kappa shape index (κ3) is 81.0. The number of aromatic nitrogens is 2. The van der Waals surface area contributed by atoms with Gasteiger partial charge in [-0.2, -0.15) is 0 Å². The van der Waals surface area contributed by atoms with Crippen LogP contribution in [0.15, 0.2) is 12.5 Å². The molecule has 0 spiro atoms. The van der Waals surface area contributed by atoms with Gasteiger partial charge in [0, 0.05) is 134 Å². The Morgan fingerprint density at radius 1 is 0.343 bits per heavy atom. The van der Waals surface area contributed by atoms with E-state index in [0.29, 0.717) is 57.1 Å². The Hall–Kier alpha value is -8.47. The van der Waals surface area contributed by atoms with E-state index in [2.05, 4.69) is 41.9 Å². The monoisotopic (exact) mass is 1990 g/mol. The number of carboxylic acids is 5. The minimum absolute atomic E-state index is 0.0166. The van der Waals surface area contributed by atoms with Crippen LogP contribution in [-0.2, 0) is 121 Å². The Morgan fingerprint density at radius 2 is 0.686 bits per heavy atom. The first-order valence-electron chi connectivity index (χ1n) is 52.2. The van der Waals surface area contributed by atoms with Gasteiger partial charge in [0.25, 0.3) is 0 Å². The third-order valence-corrected chi connectivity index (χ3v) is 24.1. The maximum absolute atomic E-state index is 13.6. The minimum Gasteiger partial charge on any atom is -0.481 e. The summed E-state index contributed by atoms with van der Waals surface area (Å²) in [4.78, 5) is 205. The van der Waals surface area contributed by atoms with E-state index in [1.807, 2.05) is 0 Å². The molecule has 1 aromatic rings. The Kier molecular flexibility index (Phi) is 82.7. The number of hydrogen-bond donors (Lipinski definition) is 13. The molecule has 0 radical (unpaired) electrons. The zero-order valence-corrected chi connectivity index (χ0v) is 84.6. The van der Waals surface area contributed by atoms with Crippen molar-refractivity contribution in [1.82, 2.24) is 41.9 Å². The Labute approximate surface area is 830 Å². The zero-order valence-electron chi connectivity index (χ0n) is 84.6. The summed E-state index contributed by atoms with van der Waals surface area (Å²) < 4.78 is 44.0. The highest BCUT2D eigenvalue weighted by atomic mass is 16.5. The molecule has 0 aliphatic carbocycles. The number of rotatable bonds is 106. The number of carbonyl (C=O) groups is 16. The average Bonchev–Trinajstić information content (AvgIpc) is 1.05. The fourth-order valence-electron chi connectivity index (χ4n) is 15.6. The summed E-state index contributed by atoms with van der Waals surface area (Å²) in [5.41, 5.74) is 5.64. The summed E-state index contributed by atoms with van der Waals surface area (Å²) in [6, 6.07) is -3.00. The van der Waals surface area contributed by atoms with Crippen LogP contribution in [0.1, 0.15) is 360 Å². The van der Waals surface area contributed by atoms with Crippen LogP contribution in [-0.4, -0.2) is 286 Å². The molecule has 0 bridgehead atoms. The number of carboxylic acid groups (broad SMARTS) is 5. The summed E-state index contributed by atoms with van der Waals surface area (Å²) >= 11 is 0. The first-order valence-corrected chi connectivity index (χ1v) is 52.2. The number of nitrogens with one attached hydrogen (secondary N) is 7. The van der Waals surface area contributed by atoms with Crippen LogP contribution in [0.5, 0.6) is 0 Å². The lowest BCUT2D eigenvalue weighted by molar-refractivity contribution is -0.144. The van der Waals surface area contributed by atoms with Crippen molar-refractivity contribution in [2.24, 2.45) is 23.0 Å². The number of amides is 5. The van der Waals surface area contributed by atoms with Gasteiger partial charge in [0.2, 0.25) is 29.5 Å².